The predicted octanol–water partition coefficient (Wildman–Crippen LogP) is 4.62. The van der Waals surface area contributed by atoms with Crippen molar-refractivity contribution in [3.8, 4) is 0 Å². The summed E-state index contributed by atoms with van der Waals surface area (Å²) in [5.41, 5.74) is 2.96. The van der Waals surface area contributed by atoms with Crippen LogP contribution in [0.3, 0.4) is 0 Å². The third-order valence-corrected chi connectivity index (χ3v) is 4.73. The Kier molecular flexibility index (Phi) is 5.43. The fourth-order valence-electron chi connectivity index (χ4n) is 2.53. The number of hydrogen-bond acceptors (Lipinski definition) is 5. The van der Waals surface area contributed by atoms with E-state index in [0.717, 1.165) is 21.8 Å². The van der Waals surface area contributed by atoms with E-state index in [1.807, 2.05) is 41.8 Å². The van der Waals surface area contributed by atoms with Gasteiger partial charge in [0.05, 0.1) is 6.61 Å². The maximum Gasteiger partial charge on any atom is 0.328 e. The normalized spacial score (nSPS) is 17.9. The van der Waals surface area contributed by atoms with Gasteiger partial charge in [-0.15, -0.1) is 0 Å². The van der Waals surface area contributed by atoms with Crippen molar-refractivity contribution in [2.24, 2.45) is 0 Å². The lowest BCUT2D eigenvalue weighted by atomic mass is 9.94. The second-order valence-electron chi connectivity index (χ2n) is 5.27. The van der Waals surface area contributed by atoms with Gasteiger partial charge >= 0.3 is 5.97 Å². The summed E-state index contributed by atoms with van der Waals surface area (Å²) >= 11 is 7.63. The molecule has 4 nitrogen and oxygen atoms in total. The molecule has 1 N–H and O–H groups in total. The minimum absolute atomic E-state index is 0.253. The van der Waals surface area contributed by atoms with E-state index in [4.69, 9.17) is 16.3 Å². The summed E-state index contributed by atoms with van der Waals surface area (Å²) in [6.07, 6.45) is 2.33. The number of pyridine rings is 1. The van der Waals surface area contributed by atoms with Gasteiger partial charge in [0.15, 0.2) is 0 Å². The SMILES string of the molecule is CCOC(=O)C1C/C(=C\Sc2ccccn2)c2ccc(Cl)cc2N1. The van der Waals surface area contributed by atoms with Crippen molar-refractivity contribution in [3.63, 3.8) is 0 Å². The van der Waals surface area contributed by atoms with Crippen molar-refractivity contribution in [2.75, 3.05) is 11.9 Å². The molecular weight excluding hydrogens is 344 g/mol. The van der Waals surface area contributed by atoms with E-state index in [-0.39, 0.29) is 5.97 Å². The molecule has 0 saturated heterocycles. The molecule has 2 heterocycles. The average molecular weight is 361 g/mol. The summed E-state index contributed by atoms with van der Waals surface area (Å²) in [5, 5.41) is 6.81. The van der Waals surface area contributed by atoms with E-state index in [0.29, 0.717) is 18.1 Å². The molecule has 0 bridgehead atoms. The van der Waals surface area contributed by atoms with E-state index in [2.05, 4.69) is 10.3 Å². The first-order valence-electron chi connectivity index (χ1n) is 7.67. The highest BCUT2D eigenvalue weighted by atomic mass is 35.5. The Morgan fingerprint density at radius 1 is 1.46 bits per heavy atom. The van der Waals surface area contributed by atoms with Gasteiger partial charge in [-0.25, -0.2) is 9.78 Å². The van der Waals surface area contributed by atoms with Crippen molar-refractivity contribution >= 4 is 40.6 Å². The smallest absolute Gasteiger partial charge is 0.328 e. The molecule has 124 valence electrons. The lowest BCUT2D eigenvalue weighted by Crippen LogP contribution is -2.34. The number of nitrogens with one attached hydrogen (secondary N) is 1. The lowest BCUT2D eigenvalue weighted by molar-refractivity contribution is -0.143. The zero-order chi connectivity index (χ0) is 16.9. The molecule has 0 spiro atoms. The van der Waals surface area contributed by atoms with Crippen LogP contribution in [0.5, 0.6) is 0 Å². The number of carbonyl (C=O) groups is 1. The summed E-state index contributed by atoms with van der Waals surface area (Å²) in [5.74, 6) is -0.253. The van der Waals surface area contributed by atoms with Crippen LogP contribution in [0.4, 0.5) is 5.69 Å². The number of ether oxygens (including phenoxy) is 1. The number of thioether (sulfide) groups is 1. The summed E-state index contributed by atoms with van der Waals surface area (Å²) < 4.78 is 5.16. The molecule has 2 aromatic rings. The Morgan fingerprint density at radius 2 is 2.33 bits per heavy atom. The Labute approximate surface area is 150 Å². The van der Waals surface area contributed by atoms with Crippen LogP contribution in [-0.4, -0.2) is 23.6 Å². The van der Waals surface area contributed by atoms with Gasteiger partial charge < -0.3 is 10.1 Å². The van der Waals surface area contributed by atoms with Gasteiger partial charge in [0.2, 0.25) is 0 Å². The van der Waals surface area contributed by atoms with Gasteiger partial charge in [-0.1, -0.05) is 35.5 Å². The lowest BCUT2D eigenvalue weighted by Gasteiger charge is -2.27. The van der Waals surface area contributed by atoms with Crippen LogP contribution < -0.4 is 5.32 Å². The number of anilines is 1. The molecule has 1 aromatic carbocycles. The van der Waals surface area contributed by atoms with E-state index in [9.17, 15) is 4.79 Å². The van der Waals surface area contributed by atoms with E-state index in [1.165, 1.54) is 11.8 Å². The number of esters is 1. The zero-order valence-electron chi connectivity index (χ0n) is 13.2. The second-order valence-corrected chi connectivity index (χ2v) is 6.60. The quantitative estimate of drug-likeness (QED) is 0.637. The zero-order valence-corrected chi connectivity index (χ0v) is 14.7. The second kappa shape index (κ2) is 7.73. The van der Waals surface area contributed by atoms with E-state index in [1.54, 1.807) is 13.1 Å². The van der Waals surface area contributed by atoms with E-state index >= 15 is 0 Å². The number of halogens is 1. The summed E-state index contributed by atoms with van der Waals surface area (Å²) in [7, 11) is 0. The van der Waals surface area contributed by atoms with Crippen molar-refractivity contribution in [3.05, 3.63) is 58.6 Å². The van der Waals surface area contributed by atoms with Crippen molar-refractivity contribution in [1.29, 1.82) is 0 Å². The summed E-state index contributed by atoms with van der Waals surface area (Å²) in [6.45, 7) is 2.17. The van der Waals surface area contributed by atoms with Gasteiger partial charge in [-0.3, -0.25) is 0 Å². The topological polar surface area (TPSA) is 51.2 Å². The Morgan fingerprint density at radius 3 is 3.08 bits per heavy atom. The standard InChI is InChI=1S/C18H17ClN2O2S/c1-2-23-18(22)16-9-12(11-24-17-5-3-4-8-20-17)14-7-6-13(19)10-15(14)21-16/h3-8,10-11,16,21H,2,9H2,1H3/b12-11+. The molecule has 0 saturated carbocycles. The van der Waals surface area contributed by atoms with Gasteiger partial charge in [-0.2, -0.15) is 0 Å². The number of hydrogen-bond donors (Lipinski definition) is 1. The van der Waals surface area contributed by atoms with Crippen LogP contribution in [0.15, 0.2) is 53.0 Å². The highest BCUT2D eigenvalue weighted by Crippen LogP contribution is 2.37. The molecule has 0 aliphatic carbocycles. The molecule has 1 aliphatic rings. The molecule has 3 rings (SSSR count). The number of carbonyl (C=O) groups excluding carboxylic acids is 1. The first kappa shape index (κ1) is 16.9. The number of nitrogens with zero attached hydrogens (tertiary/aromatic N) is 1. The average Bonchev–Trinajstić information content (AvgIpc) is 2.60. The Balaban J connectivity index is 1.90. The number of benzene rings is 1. The third-order valence-electron chi connectivity index (χ3n) is 3.61. The van der Waals surface area contributed by atoms with Crippen LogP contribution >= 0.6 is 23.4 Å². The monoisotopic (exact) mass is 360 g/mol. The van der Waals surface area contributed by atoms with E-state index < -0.39 is 6.04 Å². The van der Waals surface area contributed by atoms with Gasteiger partial charge in [0, 0.05) is 28.9 Å². The molecule has 0 radical (unpaired) electrons. The molecular formula is C18H17ClN2O2S. The van der Waals surface area contributed by atoms with Crippen molar-refractivity contribution < 1.29 is 9.53 Å². The summed E-state index contributed by atoms with van der Waals surface area (Å²) in [6, 6.07) is 11.0. The van der Waals surface area contributed by atoms with Crippen LogP contribution in [0, 0.1) is 0 Å². The summed E-state index contributed by atoms with van der Waals surface area (Å²) in [4.78, 5) is 16.5. The fourth-order valence-corrected chi connectivity index (χ4v) is 3.47. The molecule has 0 amide bonds. The van der Waals surface area contributed by atoms with Gasteiger partial charge in [-0.05, 0) is 42.2 Å². The Bertz CT molecular complexity index is 765. The van der Waals surface area contributed by atoms with Gasteiger partial charge in [0.25, 0.3) is 0 Å². The molecule has 0 fully saturated rings. The molecule has 24 heavy (non-hydrogen) atoms. The van der Waals surface area contributed by atoms with Crippen LogP contribution in [-0.2, 0) is 9.53 Å². The highest BCUT2D eigenvalue weighted by molar-refractivity contribution is 8.02. The van der Waals surface area contributed by atoms with Crippen LogP contribution in [0.25, 0.3) is 5.57 Å². The predicted molar refractivity (Wildman–Crippen MR) is 98.2 cm³/mol. The first-order chi connectivity index (χ1) is 11.7. The Hall–Kier alpha value is -1.98. The highest BCUT2D eigenvalue weighted by Gasteiger charge is 2.28. The van der Waals surface area contributed by atoms with Crippen LogP contribution in [0.2, 0.25) is 5.02 Å². The van der Waals surface area contributed by atoms with Crippen LogP contribution in [0.1, 0.15) is 18.9 Å². The minimum Gasteiger partial charge on any atom is -0.464 e. The molecule has 1 aromatic heterocycles. The van der Waals surface area contributed by atoms with Crippen molar-refractivity contribution in [2.45, 2.75) is 24.4 Å². The maximum atomic E-state index is 12.1. The first-order valence-corrected chi connectivity index (χ1v) is 8.93. The molecule has 1 aliphatic heterocycles. The third kappa shape index (κ3) is 3.91. The van der Waals surface area contributed by atoms with Crippen molar-refractivity contribution in [1.82, 2.24) is 4.98 Å². The number of fused-ring (bicyclic) bond motifs is 1. The largest absolute Gasteiger partial charge is 0.464 e. The fraction of sp³-hybridized carbons (Fsp3) is 0.222. The van der Waals surface area contributed by atoms with Gasteiger partial charge in [0.1, 0.15) is 11.1 Å². The maximum absolute atomic E-state index is 12.1. The number of rotatable bonds is 4. The number of aromatic nitrogens is 1. The molecule has 6 heteroatoms. The minimum atomic E-state index is -0.411. The molecule has 1 atom stereocenters. The molecule has 1 unspecified atom stereocenters.